The molecule has 1 aromatic heterocycles. The summed E-state index contributed by atoms with van der Waals surface area (Å²) in [7, 11) is 1.54. The molecule has 0 aliphatic carbocycles. The molecule has 1 N–H and O–H groups in total. The van der Waals surface area contributed by atoms with Gasteiger partial charge in [0.15, 0.2) is 5.75 Å². The number of aromatic nitrogens is 1. The fraction of sp³-hybridized carbons (Fsp3) is 0.182. The summed E-state index contributed by atoms with van der Waals surface area (Å²) in [5.41, 5.74) is 2.93. The molecular weight excluding hydrogens is 390 g/mol. The molecule has 1 aliphatic heterocycles. The number of aryl methyl sites for hydroxylation is 1. The Morgan fingerprint density at radius 3 is 2.83 bits per heavy atom. The van der Waals surface area contributed by atoms with Gasteiger partial charge < -0.3 is 19.7 Å². The quantitative estimate of drug-likeness (QED) is 0.668. The monoisotopic (exact) mass is 409 g/mol. The van der Waals surface area contributed by atoms with Crippen molar-refractivity contribution in [2.45, 2.75) is 6.92 Å². The fourth-order valence-electron chi connectivity index (χ4n) is 3.23. The zero-order chi connectivity index (χ0) is 20.4. The molecule has 1 amide bonds. The molecular formula is C22H20ClN3O3. The van der Waals surface area contributed by atoms with Crippen LogP contribution in [-0.2, 0) is 0 Å². The second kappa shape index (κ2) is 8.01. The van der Waals surface area contributed by atoms with E-state index in [4.69, 9.17) is 21.1 Å². The minimum atomic E-state index is -0.276. The van der Waals surface area contributed by atoms with Gasteiger partial charge in [-0.15, -0.1) is 0 Å². The lowest BCUT2D eigenvalue weighted by Gasteiger charge is -2.31. The Morgan fingerprint density at radius 2 is 2.10 bits per heavy atom. The van der Waals surface area contributed by atoms with Crippen molar-refractivity contribution in [3.8, 4) is 11.5 Å². The van der Waals surface area contributed by atoms with Crippen LogP contribution in [0.1, 0.15) is 15.9 Å². The summed E-state index contributed by atoms with van der Waals surface area (Å²) in [5.74, 6) is 1.63. The molecule has 0 unspecified atom stereocenters. The summed E-state index contributed by atoms with van der Waals surface area (Å²) < 4.78 is 11.0. The maximum absolute atomic E-state index is 12.9. The van der Waals surface area contributed by atoms with Gasteiger partial charge in [0.05, 0.1) is 29.9 Å². The number of nitrogens with one attached hydrogen (secondary N) is 1. The number of hydrogen-bond acceptors (Lipinski definition) is 5. The van der Waals surface area contributed by atoms with E-state index in [1.807, 2.05) is 37.4 Å². The molecule has 0 fully saturated rings. The number of carbonyl (C=O) groups is 1. The van der Waals surface area contributed by atoms with Crippen LogP contribution in [0.2, 0.25) is 5.02 Å². The van der Waals surface area contributed by atoms with E-state index >= 15 is 0 Å². The second-order valence-electron chi connectivity index (χ2n) is 6.65. The van der Waals surface area contributed by atoms with Crippen molar-refractivity contribution in [1.82, 2.24) is 4.98 Å². The Labute approximate surface area is 174 Å². The van der Waals surface area contributed by atoms with E-state index in [2.05, 4.69) is 15.2 Å². The van der Waals surface area contributed by atoms with Crippen LogP contribution in [0, 0.1) is 6.92 Å². The summed E-state index contributed by atoms with van der Waals surface area (Å²) in [5, 5.41) is 3.29. The van der Waals surface area contributed by atoms with E-state index in [1.165, 1.54) is 0 Å². The number of halogens is 1. The highest BCUT2D eigenvalue weighted by atomic mass is 35.5. The molecule has 2 heterocycles. The zero-order valence-corrected chi connectivity index (χ0v) is 16.9. The molecule has 3 aromatic rings. The van der Waals surface area contributed by atoms with Crippen molar-refractivity contribution in [2.24, 2.45) is 0 Å². The first kappa shape index (κ1) is 19.1. The predicted octanol–water partition coefficient (Wildman–Crippen LogP) is 4.83. The normalized spacial score (nSPS) is 12.7. The van der Waals surface area contributed by atoms with E-state index in [1.54, 1.807) is 31.4 Å². The number of nitrogens with zero attached hydrogens (tertiary/aromatic N) is 2. The average Bonchev–Trinajstić information content (AvgIpc) is 2.73. The Morgan fingerprint density at radius 1 is 1.24 bits per heavy atom. The number of para-hydroxylation sites is 1. The lowest BCUT2D eigenvalue weighted by Crippen LogP contribution is -2.30. The molecule has 0 bridgehead atoms. The zero-order valence-electron chi connectivity index (χ0n) is 16.1. The van der Waals surface area contributed by atoms with E-state index in [0.717, 1.165) is 17.1 Å². The van der Waals surface area contributed by atoms with Crippen molar-refractivity contribution in [3.05, 3.63) is 70.9 Å². The van der Waals surface area contributed by atoms with Gasteiger partial charge in [-0.2, -0.15) is 0 Å². The van der Waals surface area contributed by atoms with Crippen LogP contribution in [0.15, 0.2) is 54.7 Å². The third-order valence-electron chi connectivity index (χ3n) is 4.67. The Bertz CT molecular complexity index is 1050. The van der Waals surface area contributed by atoms with Crippen LogP contribution in [-0.4, -0.2) is 31.2 Å². The minimum absolute atomic E-state index is 0.276. The van der Waals surface area contributed by atoms with Crippen LogP contribution < -0.4 is 19.7 Å². The maximum Gasteiger partial charge on any atom is 0.259 e. The number of rotatable bonds is 4. The van der Waals surface area contributed by atoms with E-state index in [-0.39, 0.29) is 5.91 Å². The van der Waals surface area contributed by atoms with Gasteiger partial charge in [-0.25, -0.2) is 4.98 Å². The Hall–Kier alpha value is -3.25. The van der Waals surface area contributed by atoms with Crippen molar-refractivity contribution in [3.63, 3.8) is 0 Å². The van der Waals surface area contributed by atoms with Gasteiger partial charge in [0, 0.05) is 11.9 Å². The molecule has 0 radical (unpaired) electrons. The van der Waals surface area contributed by atoms with Crippen molar-refractivity contribution in [2.75, 3.05) is 30.5 Å². The third-order valence-corrected chi connectivity index (χ3v) is 4.97. The van der Waals surface area contributed by atoms with E-state index in [9.17, 15) is 4.79 Å². The first-order chi connectivity index (χ1) is 14.1. The van der Waals surface area contributed by atoms with Crippen LogP contribution in [0.3, 0.4) is 0 Å². The summed E-state index contributed by atoms with van der Waals surface area (Å²) in [6.07, 6.45) is 1.83. The van der Waals surface area contributed by atoms with E-state index < -0.39 is 0 Å². The van der Waals surface area contributed by atoms with Crippen LogP contribution >= 0.6 is 11.6 Å². The van der Waals surface area contributed by atoms with Gasteiger partial charge in [0.25, 0.3) is 5.91 Å². The Balaban J connectivity index is 1.64. The van der Waals surface area contributed by atoms with Gasteiger partial charge in [-0.05, 0) is 48.9 Å². The number of ether oxygens (including phenoxy) is 2. The lowest BCUT2D eigenvalue weighted by atomic mass is 10.1. The van der Waals surface area contributed by atoms with Gasteiger partial charge in [0.2, 0.25) is 0 Å². The standard InChI is InChI=1S/C22H20ClN3O3/c1-14-6-9-20(24-13-14)26-10-11-29-21-16(4-3-5-18(21)26)22(27)25-15-7-8-19(28-2)17(23)12-15/h3-9,12-13H,10-11H2,1-2H3,(H,25,27). The largest absolute Gasteiger partial charge is 0.495 e. The highest BCUT2D eigenvalue weighted by Crippen LogP contribution is 2.39. The first-order valence-electron chi connectivity index (χ1n) is 9.17. The summed E-state index contributed by atoms with van der Waals surface area (Å²) in [6.45, 7) is 3.11. The molecule has 4 rings (SSSR count). The van der Waals surface area contributed by atoms with E-state index in [0.29, 0.717) is 40.9 Å². The maximum atomic E-state index is 12.9. The van der Waals surface area contributed by atoms with Gasteiger partial charge >= 0.3 is 0 Å². The summed E-state index contributed by atoms with van der Waals surface area (Å²) >= 11 is 6.16. The number of anilines is 3. The third kappa shape index (κ3) is 3.84. The average molecular weight is 410 g/mol. The van der Waals surface area contributed by atoms with Gasteiger partial charge in [-0.1, -0.05) is 23.7 Å². The minimum Gasteiger partial charge on any atom is -0.495 e. The van der Waals surface area contributed by atoms with Crippen LogP contribution in [0.4, 0.5) is 17.2 Å². The molecule has 7 heteroatoms. The van der Waals surface area contributed by atoms with Crippen molar-refractivity contribution in [1.29, 1.82) is 0 Å². The highest BCUT2D eigenvalue weighted by molar-refractivity contribution is 6.32. The van der Waals surface area contributed by atoms with Crippen LogP contribution in [0.5, 0.6) is 11.5 Å². The van der Waals surface area contributed by atoms with Gasteiger partial charge in [-0.3, -0.25) is 4.79 Å². The topological polar surface area (TPSA) is 63.7 Å². The molecule has 1 aliphatic rings. The number of fused-ring (bicyclic) bond motifs is 1. The molecule has 29 heavy (non-hydrogen) atoms. The highest BCUT2D eigenvalue weighted by Gasteiger charge is 2.25. The number of amides is 1. The number of carbonyl (C=O) groups excluding carboxylic acids is 1. The van der Waals surface area contributed by atoms with Gasteiger partial charge in [0.1, 0.15) is 18.2 Å². The first-order valence-corrected chi connectivity index (χ1v) is 9.55. The number of methoxy groups -OCH3 is 1. The number of hydrogen-bond donors (Lipinski definition) is 1. The predicted molar refractivity (Wildman–Crippen MR) is 114 cm³/mol. The molecule has 6 nitrogen and oxygen atoms in total. The lowest BCUT2D eigenvalue weighted by molar-refractivity contribution is 0.102. The van der Waals surface area contributed by atoms with Crippen molar-refractivity contribution >= 4 is 34.7 Å². The smallest absolute Gasteiger partial charge is 0.259 e. The van der Waals surface area contributed by atoms with Crippen molar-refractivity contribution < 1.29 is 14.3 Å². The Kier molecular flexibility index (Phi) is 5.27. The molecule has 0 saturated carbocycles. The summed E-state index contributed by atoms with van der Waals surface area (Å²) in [4.78, 5) is 19.5. The summed E-state index contributed by atoms with van der Waals surface area (Å²) in [6, 6.07) is 14.6. The number of benzene rings is 2. The second-order valence-corrected chi connectivity index (χ2v) is 7.06. The number of pyridine rings is 1. The SMILES string of the molecule is COc1ccc(NC(=O)c2cccc3c2OCCN3c2ccc(C)cn2)cc1Cl. The molecule has 0 saturated heterocycles. The fourth-order valence-corrected chi connectivity index (χ4v) is 3.49. The van der Waals surface area contributed by atoms with Crippen LogP contribution in [0.25, 0.3) is 0 Å². The molecule has 0 atom stereocenters. The molecule has 2 aromatic carbocycles. The molecule has 0 spiro atoms. The molecule has 148 valence electrons.